The Morgan fingerprint density at radius 3 is 2.52 bits per heavy atom. The molecule has 31 heavy (non-hydrogen) atoms. The number of ether oxygens (including phenoxy) is 1. The van der Waals surface area contributed by atoms with Crippen LogP contribution in [0.4, 0.5) is 0 Å². The quantitative estimate of drug-likeness (QED) is 0.647. The molecule has 1 saturated heterocycles. The summed E-state index contributed by atoms with van der Waals surface area (Å²) in [4.78, 5) is 52.7. The normalized spacial score (nSPS) is 16.2. The highest BCUT2D eigenvalue weighted by Gasteiger charge is 2.32. The van der Waals surface area contributed by atoms with Gasteiger partial charge in [0.15, 0.2) is 0 Å². The molecule has 2 aromatic rings. The fourth-order valence-corrected chi connectivity index (χ4v) is 3.69. The minimum atomic E-state index is -0.710. The second kappa shape index (κ2) is 9.72. The number of aromatic nitrogens is 3. The van der Waals surface area contributed by atoms with E-state index in [-0.39, 0.29) is 31.4 Å². The summed E-state index contributed by atoms with van der Waals surface area (Å²) in [5.74, 6) is -1.36. The molecule has 1 atom stereocenters. The third-order valence-electron chi connectivity index (χ3n) is 5.32. The number of amides is 1. The van der Waals surface area contributed by atoms with Gasteiger partial charge in [0.25, 0.3) is 11.5 Å². The van der Waals surface area contributed by atoms with Crippen LogP contribution >= 0.6 is 0 Å². The summed E-state index contributed by atoms with van der Waals surface area (Å²) in [6.45, 7) is 6.52. The van der Waals surface area contributed by atoms with Crippen LogP contribution in [0.3, 0.4) is 0 Å². The molecule has 2 heterocycles. The van der Waals surface area contributed by atoms with E-state index < -0.39 is 23.1 Å². The second-order valence-corrected chi connectivity index (χ2v) is 7.68. The molecule has 9 nitrogen and oxygen atoms in total. The zero-order chi connectivity index (χ0) is 22.5. The molecular formula is C22H28N4O5. The molecule has 1 amide bonds. The highest BCUT2D eigenvalue weighted by molar-refractivity contribution is 5.92. The maximum Gasteiger partial charge on any atom is 0.352 e. The Morgan fingerprint density at radius 1 is 1.16 bits per heavy atom. The summed E-state index contributed by atoms with van der Waals surface area (Å²) in [5.41, 5.74) is -0.141. The van der Waals surface area contributed by atoms with Crippen LogP contribution in [0, 0.1) is 12.8 Å². The van der Waals surface area contributed by atoms with E-state index in [1.54, 1.807) is 19.1 Å². The molecular weight excluding hydrogens is 400 g/mol. The zero-order valence-electron chi connectivity index (χ0n) is 18.2. The summed E-state index contributed by atoms with van der Waals surface area (Å²) in [7, 11) is 0. The monoisotopic (exact) mass is 428 g/mol. The average Bonchev–Trinajstić information content (AvgIpc) is 2.77. The molecule has 3 rings (SSSR count). The minimum absolute atomic E-state index is 0.163. The van der Waals surface area contributed by atoms with E-state index in [1.807, 2.05) is 26.0 Å². The predicted molar refractivity (Wildman–Crippen MR) is 114 cm³/mol. The molecule has 0 N–H and O–H groups in total. The molecule has 9 heteroatoms. The lowest BCUT2D eigenvalue weighted by molar-refractivity contribution is -0.149. The zero-order valence-corrected chi connectivity index (χ0v) is 18.2. The Kier molecular flexibility index (Phi) is 7.04. The number of benzene rings is 1. The molecule has 1 aliphatic rings. The summed E-state index contributed by atoms with van der Waals surface area (Å²) >= 11 is 0. The lowest BCUT2D eigenvalue weighted by Gasteiger charge is -2.31. The first-order chi connectivity index (χ1) is 14.9. The van der Waals surface area contributed by atoms with Crippen molar-refractivity contribution in [3.8, 4) is 5.69 Å². The summed E-state index contributed by atoms with van der Waals surface area (Å²) in [6.07, 6.45) is 1.80. The summed E-state index contributed by atoms with van der Waals surface area (Å²) < 4.78 is 7.23. The third kappa shape index (κ3) is 4.76. The van der Waals surface area contributed by atoms with Crippen molar-refractivity contribution in [2.75, 3.05) is 19.7 Å². The van der Waals surface area contributed by atoms with Gasteiger partial charge in [0, 0.05) is 19.6 Å². The molecule has 1 aromatic carbocycles. The van der Waals surface area contributed by atoms with Crippen LogP contribution in [0.5, 0.6) is 0 Å². The SMILES string of the molecule is CCCn1c(=O)c(C(=O)N2CCCC(C(=O)OCC)C2)nn(-c2ccc(C)cc2)c1=O. The van der Waals surface area contributed by atoms with E-state index in [1.165, 1.54) is 4.90 Å². The number of nitrogens with zero attached hydrogens (tertiary/aromatic N) is 4. The maximum absolute atomic E-state index is 13.2. The summed E-state index contributed by atoms with van der Waals surface area (Å²) in [6, 6.07) is 7.09. The van der Waals surface area contributed by atoms with Gasteiger partial charge in [0.2, 0.25) is 5.69 Å². The Morgan fingerprint density at radius 2 is 1.87 bits per heavy atom. The van der Waals surface area contributed by atoms with Gasteiger partial charge in [-0.15, -0.1) is 0 Å². The van der Waals surface area contributed by atoms with Crippen LogP contribution in [0.25, 0.3) is 5.69 Å². The van der Waals surface area contributed by atoms with Gasteiger partial charge in [-0.25, -0.2) is 4.79 Å². The summed E-state index contributed by atoms with van der Waals surface area (Å²) in [5, 5.41) is 4.16. The highest BCUT2D eigenvalue weighted by Crippen LogP contribution is 2.19. The number of aryl methyl sites for hydroxylation is 1. The minimum Gasteiger partial charge on any atom is -0.466 e. The Hall–Kier alpha value is -3.23. The molecule has 1 aliphatic heterocycles. The van der Waals surface area contributed by atoms with Crippen LogP contribution in [0.15, 0.2) is 33.9 Å². The molecule has 0 radical (unpaired) electrons. The number of esters is 1. The van der Waals surface area contributed by atoms with E-state index in [9.17, 15) is 19.2 Å². The van der Waals surface area contributed by atoms with E-state index >= 15 is 0 Å². The smallest absolute Gasteiger partial charge is 0.352 e. The van der Waals surface area contributed by atoms with Crippen LogP contribution in [-0.2, 0) is 16.1 Å². The molecule has 1 fully saturated rings. The first-order valence-corrected chi connectivity index (χ1v) is 10.6. The standard InChI is InChI=1S/C22H28N4O5/c1-4-12-25-20(28)18(23-26(22(25)30)17-10-8-15(3)9-11-17)19(27)24-13-6-7-16(14-24)21(29)31-5-2/h8-11,16H,4-7,12-14H2,1-3H3. The molecule has 0 saturated carbocycles. The number of carbonyl (C=O) groups excluding carboxylic acids is 2. The molecule has 1 unspecified atom stereocenters. The number of hydrogen-bond acceptors (Lipinski definition) is 6. The van der Waals surface area contributed by atoms with Gasteiger partial charge in [0.1, 0.15) is 0 Å². The average molecular weight is 428 g/mol. The van der Waals surface area contributed by atoms with Gasteiger partial charge in [0.05, 0.1) is 18.2 Å². The maximum atomic E-state index is 13.2. The van der Waals surface area contributed by atoms with E-state index in [2.05, 4.69) is 5.10 Å². The molecule has 0 aliphatic carbocycles. The third-order valence-corrected chi connectivity index (χ3v) is 5.32. The van der Waals surface area contributed by atoms with Crippen LogP contribution in [0.1, 0.15) is 49.2 Å². The van der Waals surface area contributed by atoms with Crippen LogP contribution < -0.4 is 11.2 Å². The first-order valence-electron chi connectivity index (χ1n) is 10.6. The van der Waals surface area contributed by atoms with Gasteiger partial charge >= 0.3 is 11.7 Å². The van der Waals surface area contributed by atoms with Crippen molar-refractivity contribution >= 4 is 11.9 Å². The van der Waals surface area contributed by atoms with Crippen LogP contribution in [0.2, 0.25) is 0 Å². The van der Waals surface area contributed by atoms with E-state index in [4.69, 9.17) is 4.74 Å². The van der Waals surface area contributed by atoms with Crippen molar-refractivity contribution in [1.29, 1.82) is 0 Å². The number of likely N-dealkylation sites (tertiary alicyclic amines) is 1. The largest absolute Gasteiger partial charge is 0.466 e. The van der Waals surface area contributed by atoms with Crippen molar-refractivity contribution in [3.63, 3.8) is 0 Å². The topological polar surface area (TPSA) is 104 Å². The Labute approximate surface area is 180 Å². The van der Waals surface area contributed by atoms with Gasteiger partial charge in [-0.2, -0.15) is 9.78 Å². The van der Waals surface area contributed by atoms with Crippen molar-refractivity contribution in [2.45, 2.75) is 46.6 Å². The predicted octanol–water partition coefficient (Wildman–Crippen LogP) is 1.53. The number of piperidine rings is 1. The van der Waals surface area contributed by atoms with Crippen molar-refractivity contribution in [1.82, 2.24) is 19.2 Å². The first kappa shape index (κ1) is 22.5. The number of hydrogen-bond donors (Lipinski definition) is 0. The van der Waals surface area contributed by atoms with Gasteiger partial charge in [-0.1, -0.05) is 24.6 Å². The Bertz CT molecular complexity index is 1070. The molecule has 166 valence electrons. The number of rotatable bonds is 6. The lowest BCUT2D eigenvalue weighted by atomic mass is 9.98. The Balaban J connectivity index is 2.02. The fraction of sp³-hybridized carbons (Fsp3) is 0.500. The number of carbonyl (C=O) groups is 2. The lowest BCUT2D eigenvalue weighted by Crippen LogP contribution is -2.49. The van der Waals surface area contributed by atoms with Crippen LogP contribution in [-0.4, -0.2) is 50.8 Å². The molecule has 0 bridgehead atoms. The van der Waals surface area contributed by atoms with E-state index in [0.29, 0.717) is 31.5 Å². The molecule has 0 spiro atoms. The van der Waals surface area contributed by atoms with Gasteiger partial charge < -0.3 is 9.64 Å². The van der Waals surface area contributed by atoms with Crippen molar-refractivity contribution in [2.24, 2.45) is 5.92 Å². The van der Waals surface area contributed by atoms with Gasteiger partial charge in [-0.3, -0.25) is 19.0 Å². The van der Waals surface area contributed by atoms with Crippen molar-refractivity contribution in [3.05, 3.63) is 56.4 Å². The molecule has 1 aromatic heterocycles. The highest BCUT2D eigenvalue weighted by atomic mass is 16.5. The van der Waals surface area contributed by atoms with Crippen molar-refractivity contribution < 1.29 is 14.3 Å². The second-order valence-electron chi connectivity index (χ2n) is 7.68. The fourth-order valence-electron chi connectivity index (χ4n) is 3.69. The van der Waals surface area contributed by atoms with Gasteiger partial charge in [-0.05, 0) is 45.2 Å². The van der Waals surface area contributed by atoms with E-state index in [0.717, 1.165) is 14.8 Å².